The van der Waals surface area contributed by atoms with Crippen molar-refractivity contribution in [3.63, 3.8) is 0 Å². The van der Waals surface area contributed by atoms with Crippen LogP contribution in [0.4, 0.5) is 4.39 Å². The lowest BCUT2D eigenvalue weighted by Crippen LogP contribution is -2.43. The van der Waals surface area contributed by atoms with E-state index in [-0.39, 0.29) is 17.3 Å². The number of rotatable bonds is 5. The van der Waals surface area contributed by atoms with Crippen LogP contribution in [0.5, 0.6) is 0 Å². The largest absolute Gasteiger partial charge is 0.271 e. The lowest BCUT2D eigenvalue weighted by atomic mass is 10.2. The SMILES string of the molecule is Cc1nn(C(=O)[C@H]2CCCN2S(=O)(=O)c2ccc(F)cc2)c(C)c1Sc1ccccc1. The number of benzene rings is 2. The number of halogens is 1. The first-order valence-corrected chi connectivity index (χ1v) is 12.2. The fraction of sp³-hybridized carbons (Fsp3) is 0.273. The van der Waals surface area contributed by atoms with Gasteiger partial charge >= 0.3 is 0 Å². The molecule has 0 radical (unpaired) electrons. The second-order valence-electron chi connectivity index (χ2n) is 7.39. The van der Waals surface area contributed by atoms with E-state index in [4.69, 9.17) is 0 Å². The van der Waals surface area contributed by atoms with Crippen LogP contribution >= 0.6 is 11.8 Å². The van der Waals surface area contributed by atoms with E-state index in [9.17, 15) is 17.6 Å². The molecule has 1 aromatic heterocycles. The summed E-state index contributed by atoms with van der Waals surface area (Å²) >= 11 is 1.52. The van der Waals surface area contributed by atoms with Crippen molar-refractivity contribution in [3.8, 4) is 0 Å². The van der Waals surface area contributed by atoms with Gasteiger partial charge in [-0.15, -0.1) is 0 Å². The van der Waals surface area contributed by atoms with Crippen molar-refractivity contribution < 1.29 is 17.6 Å². The molecule has 0 aliphatic carbocycles. The molecule has 0 unspecified atom stereocenters. The number of hydrogen-bond acceptors (Lipinski definition) is 5. The minimum Gasteiger partial charge on any atom is -0.271 e. The highest BCUT2D eigenvalue weighted by atomic mass is 32.2. The Morgan fingerprint density at radius 1 is 1.10 bits per heavy atom. The monoisotopic (exact) mass is 459 g/mol. The van der Waals surface area contributed by atoms with Gasteiger partial charge in [0.05, 0.1) is 21.2 Å². The molecule has 0 N–H and O–H groups in total. The normalized spacial score (nSPS) is 17.2. The fourth-order valence-corrected chi connectivity index (χ4v) is 6.36. The van der Waals surface area contributed by atoms with Gasteiger partial charge in [0, 0.05) is 11.4 Å². The number of nitrogens with zero attached hydrogens (tertiary/aromatic N) is 3. The average Bonchev–Trinajstić information content (AvgIpc) is 3.36. The van der Waals surface area contributed by atoms with Gasteiger partial charge in [0.15, 0.2) is 0 Å². The summed E-state index contributed by atoms with van der Waals surface area (Å²) < 4.78 is 42.0. The van der Waals surface area contributed by atoms with Gasteiger partial charge in [0.2, 0.25) is 10.0 Å². The molecule has 0 saturated carbocycles. The van der Waals surface area contributed by atoms with Crippen LogP contribution < -0.4 is 0 Å². The van der Waals surface area contributed by atoms with Gasteiger partial charge in [-0.3, -0.25) is 4.79 Å². The van der Waals surface area contributed by atoms with E-state index in [1.165, 1.54) is 32.9 Å². The number of carbonyl (C=O) groups is 1. The Balaban J connectivity index is 1.63. The summed E-state index contributed by atoms with van der Waals surface area (Å²) in [6, 6.07) is 13.6. The molecule has 1 saturated heterocycles. The number of aryl methyl sites for hydroxylation is 1. The van der Waals surface area contributed by atoms with Crippen LogP contribution in [-0.2, 0) is 10.0 Å². The highest BCUT2D eigenvalue weighted by Crippen LogP contribution is 2.34. The van der Waals surface area contributed by atoms with E-state index >= 15 is 0 Å². The van der Waals surface area contributed by atoms with Crippen molar-refractivity contribution in [1.82, 2.24) is 14.1 Å². The van der Waals surface area contributed by atoms with Crippen LogP contribution in [0.2, 0.25) is 0 Å². The quantitative estimate of drug-likeness (QED) is 0.569. The summed E-state index contributed by atoms with van der Waals surface area (Å²) in [4.78, 5) is 15.2. The molecule has 1 fully saturated rings. The van der Waals surface area contributed by atoms with Gasteiger partial charge in [0.25, 0.3) is 5.91 Å². The van der Waals surface area contributed by atoms with Crippen molar-refractivity contribution in [2.45, 2.75) is 47.4 Å². The lowest BCUT2D eigenvalue weighted by Gasteiger charge is -2.23. The maximum Gasteiger partial charge on any atom is 0.265 e. The number of hydrogen-bond donors (Lipinski definition) is 0. The lowest BCUT2D eigenvalue weighted by molar-refractivity contribution is 0.0813. The van der Waals surface area contributed by atoms with Crippen LogP contribution in [0.3, 0.4) is 0 Å². The molecular formula is C22H22FN3O3S2. The van der Waals surface area contributed by atoms with Crippen molar-refractivity contribution in [2.24, 2.45) is 0 Å². The fourth-order valence-electron chi connectivity index (χ4n) is 3.75. The summed E-state index contributed by atoms with van der Waals surface area (Å²) in [5.41, 5.74) is 1.40. The third-order valence-corrected chi connectivity index (χ3v) is 8.53. The second kappa shape index (κ2) is 8.57. The predicted molar refractivity (Wildman–Crippen MR) is 116 cm³/mol. The zero-order valence-corrected chi connectivity index (χ0v) is 18.8. The second-order valence-corrected chi connectivity index (χ2v) is 10.4. The Bertz CT molecular complexity index is 1210. The van der Waals surface area contributed by atoms with Crippen molar-refractivity contribution in [2.75, 3.05) is 6.54 Å². The molecular weight excluding hydrogens is 437 g/mol. The van der Waals surface area contributed by atoms with Gasteiger partial charge in [0.1, 0.15) is 11.9 Å². The number of carbonyl (C=O) groups excluding carboxylic acids is 1. The minimum absolute atomic E-state index is 0.0257. The van der Waals surface area contributed by atoms with Gasteiger partial charge in [-0.1, -0.05) is 30.0 Å². The molecule has 0 spiro atoms. The minimum atomic E-state index is -3.92. The summed E-state index contributed by atoms with van der Waals surface area (Å²) in [7, 11) is -3.92. The maximum atomic E-state index is 13.4. The molecule has 9 heteroatoms. The predicted octanol–water partition coefficient (Wildman–Crippen LogP) is 4.28. The Hall–Kier alpha value is -2.49. The van der Waals surface area contributed by atoms with Gasteiger partial charge in [-0.2, -0.15) is 9.40 Å². The summed E-state index contributed by atoms with van der Waals surface area (Å²) in [6.07, 6.45) is 0.987. The Morgan fingerprint density at radius 2 is 1.77 bits per heavy atom. The molecule has 2 aromatic carbocycles. The Morgan fingerprint density at radius 3 is 2.45 bits per heavy atom. The average molecular weight is 460 g/mol. The zero-order valence-electron chi connectivity index (χ0n) is 17.2. The first-order chi connectivity index (χ1) is 14.8. The third kappa shape index (κ3) is 4.17. The van der Waals surface area contributed by atoms with Crippen LogP contribution in [0.1, 0.15) is 29.0 Å². The molecule has 162 valence electrons. The standard InChI is InChI=1S/C22H22FN3O3S2/c1-15-21(30-18-7-4-3-5-8-18)16(2)26(24-15)22(27)20-9-6-14-25(20)31(28,29)19-12-10-17(23)11-13-19/h3-5,7-8,10-13,20H,6,9,14H2,1-2H3/t20-/m1/s1. The molecule has 4 rings (SSSR count). The first-order valence-electron chi connectivity index (χ1n) is 9.90. The molecule has 1 aliphatic rings. The van der Waals surface area contributed by atoms with Crippen molar-refractivity contribution >= 4 is 27.7 Å². The van der Waals surface area contributed by atoms with Gasteiger partial charge in [-0.25, -0.2) is 17.5 Å². The summed E-state index contributed by atoms with van der Waals surface area (Å²) in [5.74, 6) is -0.886. The van der Waals surface area contributed by atoms with E-state index < -0.39 is 21.9 Å². The maximum absolute atomic E-state index is 13.4. The van der Waals surface area contributed by atoms with Gasteiger partial charge in [-0.05, 0) is 63.1 Å². The van der Waals surface area contributed by atoms with Crippen molar-refractivity contribution in [3.05, 3.63) is 71.8 Å². The molecule has 1 aliphatic heterocycles. The van der Waals surface area contributed by atoms with Crippen LogP contribution in [0, 0.1) is 19.7 Å². The molecule has 1 atom stereocenters. The van der Waals surface area contributed by atoms with E-state index in [0.717, 1.165) is 21.9 Å². The first kappa shape index (κ1) is 21.7. The summed E-state index contributed by atoms with van der Waals surface area (Å²) in [5, 5.41) is 4.43. The molecule has 3 aromatic rings. The van der Waals surface area contributed by atoms with Crippen LogP contribution in [-0.4, -0.2) is 41.0 Å². The zero-order chi connectivity index (χ0) is 22.2. The van der Waals surface area contributed by atoms with E-state index in [2.05, 4.69) is 5.10 Å². The molecule has 31 heavy (non-hydrogen) atoms. The number of sulfonamides is 1. The van der Waals surface area contributed by atoms with E-state index in [0.29, 0.717) is 24.2 Å². The smallest absolute Gasteiger partial charge is 0.265 e. The van der Waals surface area contributed by atoms with Crippen LogP contribution in [0.15, 0.2) is 69.3 Å². The Labute approximate surface area is 185 Å². The third-order valence-electron chi connectivity index (χ3n) is 5.31. The van der Waals surface area contributed by atoms with E-state index in [1.807, 2.05) is 44.2 Å². The van der Waals surface area contributed by atoms with E-state index in [1.54, 1.807) is 0 Å². The van der Waals surface area contributed by atoms with Crippen LogP contribution in [0.25, 0.3) is 0 Å². The molecule has 2 heterocycles. The summed E-state index contributed by atoms with van der Waals surface area (Å²) in [6.45, 7) is 3.89. The highest BCUT2D eigenvalue weighted by molar-refractivity contribution is 7.99. The molecule has 0 amide bonds. The Kier molecular flexibility index (Phi) is 6.00. The topological polar surface area (TPSA) is 72.3 Å². The highest BCUT2D eigenvalue weighted by Gasteiger charge is 2.41. The molecule has 0 bridgehead atoms. The molecule has 6 nitrogen and oxygen atoms in total. The van der Waals surface area contributed by atoms with Gasteiger partial charge < -0.3 is 0 Å². The number of aromatic nitrogens is 2. The van der Waals surface area contributed by atoms with Crippen molar-refractivity contribution in [1.29, 1.82) is 0 Å².